The highest BCUT2D eigenvalue weighted by Gasteiger charge is 2.33. The van der Waals surface area contributed by atoms with Gasteiger partial charge in [0.2, 0.25) is 0 Å². The molecule has 3 heterocycles. The van der Waals surface area contributed by atoms with E-state index in [1.165, 1.54) is 11.3 Å². The Hall–Kier alpha value is -1.64. The van der Waals surface area contributed by atoms with Crippen LogP contribution >= 0.6 is 11.3 Å². The number of rotatable bonds is 3. The number of thiophene rings is 1. The first kappa shape index (κ1) is 18.2. The second-order valence-electron chi connectivity index (χ2n) is 6.61. The molecule has 2 aliphatic heterocycles. The first-order chi connectivity index (χ1) is 12.1. The lowest BCUT2D eigenvalue weighted by atomic mass is 9.95. The molecule has 7 nitrogen and oxygen atoms in total. The number of carbonyl (C=O) groups is 2. The third-order valence-electron chi connectivity index (χ3n) is 4.80. The summed E-state index contributed by atoms with van der Waals surface area (Å²) in [5.41, 5.74) is -0.966. The van der Waals surface area contributed by atoms with Gasteiger partial charge < -0.3 is 25.0 Å². The van der Waals surface area contributed by atoms with Crippen LogP contribution in [0.15, 0.2) is 17.5 Å². The van der Waals surface area contributed by atoms with Crippen molar-refractivity contribution in [2.75, 3.05) is 45.9 Å². The van der Waals surface area contributed by atoms with E-state index in [4.69, 9.17) is 4.74 Å². The molecule has 0 saturated carbocycles. The van der Waals surface area contributed by atoms with Crippen LogP contribution in [0.4, 0.5) is 4.79 Å². The average Bonchev–Trinajstić information content (AvgIpc) is 3.10. The number of hydrogen-bond acceptors (Lipinski definition) is 5. The Morgan fingerprint density at radius 3 is 2.72 bits per heavy atom. The number of ether oxygens (including phenoxy) is 1. The quantitative estimate of drug-likeness (QED) is 0.840. The van der Waals surface area contributed by atoms with Gasteiger partial charge in [-0.05, 0) is 30.7 Å². The minimum Gasteiger partial charge on any atom is -0.388 e. The van der Waals surface area contributed by atoms with Crippen molar-refractivity contribution in [3.8, 4) is 0 Å². The smallest absolute Gasteiger partial charge is 0.317 e. The van der Waals surface area contributed by atoms with Gasteiger partial charge in [-0.1, -0.05) is 6.07 Å². The molecule has 2 N–H and O–H groups in total. The number of carbonyl (C=O) groups excluding carboxylic acids is 2. The van der Waals surface area contributed by atoms with Crippen molar-refractivity contribution < 1.29 is 19.4 Å². The Labute approximate surface area is 151 Å². The maximum absolute atomic E-state index is 12.5. The summed E-state index contributed by atoms with van der Waals surface area (Å²) in [7, 11) is 0. The molecule has 3 amide bonds. The van der Waals surface area contributed by atoms with Gasteiger partial charge in [0.25, 0.3) is 5.91 Å². The van der Waals surface area contributed by atoms with E-state index in [9.17, 15) is 14.7 Å². The number of aliphatic hydroxyl groups is 1. The lowest BCUT2D eigenvalue weighted by Gasteiger charge is -2.31. The molecule has 2 fully saturated rings. The second kappa shape index (κ2) is 8.16. The molecule has 0 aliphatic carbocycles. The van der Waals surface area contributed by atoms with Crippen LogP contribution in [-0.2, 0) is 4.74 Å². The predicted molar refractivity (Wildman–Crippen MR) is 94.8 cm³/mol. The van der Waals surface area contributed by atoms with Crippen molar-refractivity contribution in [3.05, 3.63) is 22.4 Å². The molecule has 25 heavy (non-hydrogen) atoms. The van der Waals surface area contributed by atoms with Gasteiger partial charge >= 0.3 is 6.03 Å². The van der Waals surface area contributed by atoms with E-state index in [0.717, 1.165) is 11.3 Å². The highest BCUT2D eigenvalue weighted by atomic mass is 32.1. The zero-order valence-electron chi connectivity index (χ0n) is 14.3. The van der Waals surface area contributed by atoms with Crippen LogP contribution in [0, 0.1) is 0 Å². The van der Waals surface area contributed by atoms with E-state index >= 15 is 0 Å². The molecule has 3 rings (SSSR count). The molecule has 0 bridgehead atoms. The van der Waals surface area contributed by atoms with Crippen LogP contribution in [-0.4, -0.2) is 78.4 Å². The van der Waals surface area contributed by atoms with E-state index in [1.807, 2.05) is 17.5 Å². The minimum atomic E-state index is -0.966. The summed E-state index contributed by atoms with van der Waals surface area (Å²) >= 11 is 1.43. The van der Waals surface area contributed by atoms with Gasteiger partial charge in [0.15, 0.2) is 0 Å². The van der Waals surface area contributed by atoms with Gasteiger partial charge in [0.1, 0.15) is 0 Å². The molecule has 0 radical (unpaired) electrons. The third-order valence-corrected chi connectivity index (χ3v) is 5.66. The van der Waals surface area contributed by atoms with Crippen molar-refractivity contribution >= 4 is 23.3 Å². The molecule has 138 valence electrons. The summed E-state index contributed by atoms with van der Waals surface area (Å²) in [6.07, 6.45) is 1.76. The number of likely N-dealkylation sites (tertiary alicyclic amines) is 1. The summed E-state index contributed by atoms with van der Waals surface area (Å²) in [4.78, 5) is 28.9. The van der Waals surface area contributed by atoms with Crippen LogP contribution in [0.5, 0.6) is 0 Å². The molecule has 1 atom stereocenters. The average molecular weight is 367 g/mol. The zero-order chi connectivity index (χ0) is 17.7. The van der Waals surface area contributed by atoms with Crippen LogP contribution in [0.25, 0.3) is 0 Å². The monoisotopic (exact) mass is 367 g/mol. The van der Waals surface area contributed by atoms with Crippen LogP contribution in [0.2, 0.25) is 0 Å². The van der Waals surface area contributed by atoms with Gasteiger partial charge in [-0.25, -0.2) is 4.79 Å². The van der Waals surface area contributed by atoms with E-state index in [-0.39, 0.29) is 18.5 Å². The molecular formula is C17H25N3O4S. The number of amides is 3. The van der Waals surface area contributed by atoms with E-state index < -0.39 is 5.60 Å². The van der Waals surface area contributed by atoms with Crippen LogP contribution < -0.4 is 5.32 Å². The second-order valence-corrected chi connectivity index (χ2v) is 7.55. The summed E-state index contributed by atoms with van der Waals surface area (Å²) in [6.45, 7) is 3.61. The summed E-state index contributed by atoms with van der Waals surface area (Å²) < 4.78 is 5.24. The number of nitrogens with zero attached hydrogens (tertiary/aromatic N) is 2. The Morgan fingerprint density at radius 1 is 1.20 bits per heavy atom. The topological polar surface area (TPSA) is 82.1 Å². The zero-order valence-corrected chi connectivity index (χ0v) is 15.1. The van der Waals surface area contributed by atoms with Gasteiger partial charge in [0.05, 0.1) is 23.7 Å². The molecular weight excluding hydrogens is 342 g/mol. The van der Waals surface area contributed by atoms with Gasteiger partial charge in [-0.2, -0.15) is 0 Å². The molecule has 1 aromatic heterocycles. The van der Waals surface area contributed by atoms with Gasteiger partial charge in [0, 0.05) is 32.7 Å². The third kappa shape index (κ3) is 4.71. The Kier molecular flexibility index (Phi) is 5.93. The standard InChI is InChI=1S/C17H25N3O4S/c21-15(14-3-1-12-25-14)19-6-2-4-17(23,5-7-19)13-18-16(22)20-8-10-24-11-9-20/h1,3,12,23H,2,4-11,13H2,(H,18,22). The molecule has 2 saturated heterocycles. The highest BCUT2D eigenvalue weighted by Crippen LogP contribution is 2.23. The Morgan fingerprint density at radius 2 is 2.00 bits per heavy atom. The molecule has 1 unspecified atom stereocenters. The molecule has 0 aromatic carbocycles. The SMILES string of the molecule is O=C(NCC1(O)CCCN(C(=O)c2cccs2)CC1)N1CCOCC1. The number of nitrogens with one attached hydrogen (secondary N) is 1. The number of morpholine rings is 1. The fraction of sp³-hybridized carbons (Fsp3) is 0.647. The first-order valence-corrected chi connectivity index (χ1v) is 9.61. The summed E-state index contributed by atoms with van der Waals surface area (Å²) in [6, 6.07) is 3.53. The fourth-order valence-corrected chi connectivity index (χ4v) is 3.92. The van der Waals surface area contributed by atoms with Crippen molar-refractivity contribution in [2.45, 2.75) is 24.9 Å². The highest BCUT2D eigenvalue weighted by molar-refractivity contribution is 7.12. The molecule has 2 aliphatic rings. The molecule has 0 spiro atoms. The fourth-order valence-electron chi connectivity index (χ4n) is 3.23. The maximum atomic E-state index is 12.5. The lowest BCUT2D eigenvalue weighted by molar-refractivity contribution is 0.0227. The van der Waals surface area contributed by atoms with Crippen molar-refractivity contribution in [2.24, 2.45) is 0 Å². The maximum Gasteiger partial charge on any atom is 0.317 e. The summed E-state index contributed by atoms with van der Waals surface area (Å²) in [5, 5.41) is 15.6. The Bertz CT molecular complexity index is 589. The van der Waals surface area contributed by atoms with Crippen LogP contribution in [0.1, 0.15) is 28.9 Å². The summed E-state index contributed by atoms with van der Waals surface area (Å²) in [5.74, 6) is 0.0246. The van der Waals surface area contributed by atoms with Gasteiger partial charge in [-0.15, -0.1) is 11.3 Å². The van der Waals surface area contributed by atoms with Crippen molar-refractivity contribution in [1.82, 2.24) is 15.1 Å². The van der Waals surface area contributed by atoms with Gasteiger partial charge in [-0.3, -0.25) is 4.79 Å². The van der Waals surface area contributed by atoms with E-state index in [0.29, 0.717) is 52.2 Å². The van der Waals surface area contributed by atoms with Crippen molar-refractivity contribution in [1.29, 1.82) is 0 Å². The normalized spacial score (nSPS) is 24.7. The Balaban J connectivity index is 1.50. The largest absolute Gasteiger partial charge is 0.388 e. The van der Waals surface area contributed by atoms with E-state index in [2.05, 4.69) is 5.32 Å². The van der Waals surface area contributed by atoms with Crippen LogP contribution in [0.3, 0.4) is 0 Å². The minimum absolute atomic E-state index is 0.0246. The predicted octanol–water partition coefficient (Wildman–Crippen LogP) is 1.15. The van der Waals surface area contributed by atoms with Crippen molar-refractivity contribution in [3.63, 3.8) is 0 Å². The molecule has 1 aromatic rings. The number of urea groups is 1. The van der Waals surface area contributed by atoms with E-state index in [1.54, 1.807) is 9.80 Å². The number of hydrogen-bond donors (Lipinski definition) is 2. The first-order valence-electron chi connectivity index (χ1n) is 8.73. The lowest BCUT2D eigenvalue weighted by Crippen LogP contribution is -2.51. The molecule has 8 heteroatoms.